The summed E-state index contributed by atoms with van der Waals surface area (Å²) in [7, 11) is 0. The van der Waals surface area contributed by atoms with E-state index in [4.69, 9.17) is 0 Å². The number of carbonyl (C=O) groups is 1. The third kappa shape index (κ3) is 2.64. The summed E-state index contributed by atoms with van der Waals surface area (Å²) < 4.78 is 0. The van der Waals surface area contributed by atoms with Crippen molar-refractivity contribution in [3.05, 3.63) is 29.0 Å². The summed E-state index contributed by atoms with van der Waals surface area (Å²) in [6.07, 6.45) is 6.64. The van der Waals surface area contributed by atoms with Crippen molar-refractivity contribution in [2.24, 2.45) is 0 Å². The van der Waals surface area contributed by atoms with Gasteiger partial charge in [0.1, 0.15) is 4.88 Å². The molecule has 2 bridgehead atoms. The summed E-state index contributed by atoms with van der Waals surface area (Å²) >= 11 is 1.41. The van der Waals surface area contributed by atoms with Crippen LogP contribution in [-0.4, -0.2) is 50.9 Å². The number of thiazole rings is 1. The van der Waals surface area contributed by atoms with Gasteiger partial charge in [0.15, 0.2) is 10.8 Å². The average molecular weight is 329 g/mol. The first-order valence-corrected chi connectivity index (χ1v) is 8.84. The van der Waals surface area contributed by atoms with E-state index in [0.717, 1.165) is 42.9 Å². The van der Waals surface area contributed by atoms with Gasteiger partial charge in [-0.15, -0.1) is 11.3 Å². The Hall–Kier alpha value is -1.86. The lowest BCUT2D eigenvalue weighted by Gasteiger charge is -2.27. The summed E-state index contributed by atoms with van der Waals surface area (Å²) in [5.41, 5.74) is 0.777. The highest BCUT2D eigenvalue weighted by atomic mass is 32.1. The lowest BCUT2D eigenvalue weighted by molar-refractivity contribution is 0.0684. The molecule has 6 nitrogen and oxygen atoms in total. The molecule has 4 rings (SSSR count). The Kier molecular flexibility index (Phi) is 3.82. The zero-order valence-electron chi connectivity index (χ0n) is 13.0. The molecule has 0 saturated carbocycles. The van der Waals surface area contributed by atoms with Gasteiger partial charge in [-0.25, -0.2) is 15.0 Å². The van der Waals surface area contributed by atoms with Crippen molar-refractivity contribution in [3.63, 3.8) is 0 Å². The van der Waals surface area contributed by atoms with Crippen molar-refractivity contribution in [2.45, 2.75) is 38.3 Å². The van der Waals surface area contributed by atoms with Gasteiger partial charge in [-0.05, 0) is 38.8 Å². The Labute approximate surface area is 139 Å². The van der Waals surface area contributed by atoms with Crippen molar-refractivity contribution in [3.8, 4) is 10.8 Å². The molecule has 23 heavy (non-hydrogen) atoms. The second kappa shape index (κ2) is 5.98. The molecule has 2 saturated heterocycles. The van der Waals surface area contributed by atoms with Crippen molar-refractivity contribution < 1.29 is 4.79 Å². The highest BCUT2D eigenvalue weighted by Crippen LogP contribution is 2.33. The Morgan fingerprint density at radius 1 is 1.26 bits per heavy atom. The molecular formula is C16H19N5OS. The van der Waals surface area contributed by atoms with Crippen LogP contribution in [0.15, 0.2) is 18.5 Å². The van der Waals surface area contributed by atoms with E-state index >= 15 is 0 Å². The number of hydrogen-bond acceptors (Lipinski definition) is 6. The fraction of sp³-hybridized carbons (Fsp3) is 0.500. The first-order valence-electron chi connectivity index (χ1n) is 8.02. The van der Waals surface area contributed by atoms with Gasteiger partial charge in [-0.3, -0.25) is 4.79 Å². The van der Waals surface area contributed by atoms with Gasteiger partial charge in [0.25, 0.3) is 5.91 Å². The van der Waals surface area contributed by atoms with Crippen LogP contribution in [0.4, 0.5) is 0 Å². The first-order chi connectivity index (χ1) is 11.2. The van der Waals surface area contributed by atoms with Crippen LogP contribution in [0.1, 0.15) is 34.6 Å². The summed E-state index contributed by atoms with van der Waals surface area (Å²) in [5.74, 6) is 0.707. The monoisotopic (exact) mass is 329 g/mol. The summed E-state index contributed by atoms with van der Waals surface area (Å²) in [6, 6.07) is 2.45. The summed E-state index contributed by atoms with van der Waals surface area (Å²) in [6.45, 7) is 3.79. The van der Waals surface area contributed by atoms with Crippen LogP contribution in [0.2, 0.25) is 0 Å². The Bertz CT molecular complexity index is 703. The number of aromatic nitrogens is 3. The predicted molar refractivity (Wildman–Crippen MR) is 88.3 cm³/mol. The third-order valence-corrected chi connectivity index (χ3v) is 5.78. The molecule has 2 aromatic rings. The zero-order chi connectivity index (χ0) is 15.8. The van der Waals surface area contributed by atoms with Gasteiger partial charge >= 0.3 is 0 Å². The number of amides is 1. The minimum Gasteiger partial charge on any atom is -0.331 e. The molecule has 120 valence electrons. The number of hydrogen-bond donors (Lipinski definition) is 1. The van der Waals surface area contributed by atoms with Crippen LogP contribution in [0.3, 0.4) is 0 Å². The van der Waals surface area contributed by atoms with Crippen LogP contribution < -0.4 is 5.32 Å². The molecule has 0 aliphatic carbocycles. The van der Waals surface area contributed by atoms with Crippen molar-refractivity contribution in [1.29, 1.82) is 0 Å². The summed E-state index contributed by atoms with van der Waals surface area (Å²) in [5, 5.41) is 4.15. The second-order valence-electron chi connectivity index (χ2n) is 6.10. The van der Waals surface area contributed by atoms with E-state index in [0.29, 0.717) is 22.9 Å². The topological polar surface area (TPSA) is 71.0 Å². The predicted octanol–water partition coefficient (Wildman–Crippen LogP) is 1.88. The zero-order valence-corrected chi connectivity index (χ0v) is 13.8. The SMILES string of the molecule is Cc1nc(-c2ncccn2)sc1C(=O)N1C2CCNCC1CC2. The number of fused-ring (bicyclic) bond motifs is 2. The van der Waals surface area contributed by atoms with E-state index in [-0.39, 0.29) is 5.91 Å². The van der Waals surface area contributed by atoms with Gasteiger partial charge in [-0.1, -0.05) is 0 Å². The van der Waals surface area contributed by atoms with E-state index in [1.807, 2.05) is 6.92 Å². The largest absolute Gasteiger partial charge is 0.331 e. The fourth-order valence-corrected chi connectivity index (χ4v) is 4.49. The van der Waals surface area contributed by atoms with Crippen LogP contribution >= 0.6 is 11.3 Å². The molecular weight excluding hydrogens is 310 g/mol. The lowest BCUT2D eigenvalue weighted by atomic mass is 10.1. The van der Waals surface area contributed by atoms with Crippen LogP contribution in [0, 0.1) is 6.92 Å². The van der Waals surface area contributed by atoms with Crippen molar-refractivity contribution in [2.75, 3.05) is 13.1 Å². The van der Waals surface area contributed by atoms with Crippen LogP contribution in [0.5, 0.6) is 0 Å². The van der Waals surface area contributed by atoms with Crippen LogP contribution in [0.25, 0.3) is 10.8 Å². The molecule has 7 heteroatoms. The molecule has 0 aromatic carbocycles. The fourth-order valence-electron chi connectivity index (χ4n) is 3.53. The molecule has 0 spiro atoms. The van der Waals surface area contributed by atoms with E-state index in [9.17, 15) is 4.79 Å². The van der Waals surface area contributed by atoms with Gasteiger partial charge in [0.2, 0.25) is 0 Å². The Morgan fingerprint density at radius 2 is 2.04 bits per heavy atom. The Morgan fingerprint density at radius 3 is 2.87 bits per heavy atom. The smallest absolute Gasteiger partial charge is 0.266 e. The number of rotatable bonds is 2. The molecule has 1 amide bonds. The lowest BCUT2D eigenvalue weighted by Crippen LogP contribution is -2.42. The van der Waals surface area contributed by atoms with E-state index in [1.54, 1.807) is 18.5 Å². The molecule has 4 heterocycles. The second-order valence-corrected chi connectivity index (χ2v) is 7.10. The molecule has 2 aliphatic rings. The van der Waals surface area contributed by atoms with Gasteiger partial charge in [0, 0.05) is 31.0 Å². The molecule has 0 radical (unpaired) electrons. The molecule has 2 unspecified atom stereocenters. The van der Waals surface area contributed by atoms with Crippen molar-refractivity contribution in [1.82, 2.24) is 25.2 Å². The maximum Gasteiger partial charge on any atom is 0.266 e. The van der Waals surface area contributed by atoms with Gasteiger partial charge < -0.3 is 10.2 Å². The molecule has 2 aromatic heterocycles. The molecule has 2 atom stereocenters. The van der Waals surface area contributed by atoms with Crippen molar-refractivity contribution >= 4 is 17.2 Å². The molecule has 1 N–H and O–H groups in total. The standard InChI is InChI=1S/C16H19N5OS/c1-10-13(23-15(20-10)14-18-6-2-7-19-14)16(22)21-11-3-4-12(21)9-17-8-5-11/h2,6-7,11-12,17H,3-5,8-9H2,1H3. The van der Waals surface area contributed by atoms with Gasteiger partial charge in [-0.2, -0.15) is 0 Å². The number of nitrogens with one attached hydrogen (secondary N) is 1. The first kappa shape index (κ1) is 14.7. The Balaban J connectivity index is 1.65. The number of carbonyl (C=O) groups excluding carboxylic acids is 1. The number of nitrogens with zero attached hydrogens (tertiary/aromatic N) is 4. The normalized spacial score (nSPS) is 23.8. The van der Waals surface area contributed by atoms with Gasteiger partial charge in [0.05, 0.1) is 5.69 Å². The molecule has 2 aliphatic heterocycles. The minimum atomic E-state index is 0.124. The van der Waals surface area contributed by atoms with E-state index in [1.165, 1.54) is 11.3 Å². The van der Waals surface area contributed by atoms with Crippen LogP contribution in [-0.2, 0) is 0 Å². The quantitative estimate of drug-likeness (QED) is 0.911. The highest BCUT2D eigenvalue weighted by molar-refractivity contribution is 7.17. The number of aryl methyl sites for hydroxylation is 1. The summed E-state index contributed by atoms with van der Waals surface area (Å²) in [4.78, 5) is 28.9. The third-order valence-electron chi connectivity index (χ3n) is 4.64. The average Bonchev–Trinajstić information content (AvgIpc) is 3.06. The van der Waals surface area contributed by atoms with E-state index < -0.39 is 0 Å². The van der Waals surface area contributed by atoms with E-state index in [2.05, 4.69) is 25.2 Å². The highest BCUT2D eigenvalue weighted by Gasteiger charge is 2.39. The maximum atomic E-state index is 13.1. The molecule has 2 fully saturated rings. The maximum absolute atomic E-state index is 13.1. The minimum absolute atomic E-state index is 0.124.